The van der Waals surface area contributed by atoms with Gasteiger partial charge < -0.3 is 9.64 Å². The molecule has 2 heterocycles. The van der Waals surface area contributed by atoms with E-state index < -0.39 is 12.1 Å². The summed E-state index contributed by atoms with van der Waals surface area (Å²) >= 11 is 0. The van der Waals surface area contributed by atoms with E-state index in [1.165, 1.54) is 6.07 Å². The first-order chi connectivity index (χ1) is 15.2. The number of anilines is 1. The van der Waals surface area contributed by atoms with Gasteiger partial charge in [-0.3, -0.25) is 4.79 Å². The van der Waals surface area contributed by atoms with Crippen LogP contribution in [0.5, 0.6) is 5.75 Å². The van der Waals surface area contributed by atoms with Gasteiger partial charge in [-0.1, -0.05) is 48.5 Å². The number of carbonyl (C=O) groups is 1. The number of nitrogens with one attached hydrogen (secondary N) is 2. The lowest BCUT2D eigenvalue weighted by molar-refractivity contribution is -0.119. The Bertz CT molecular complexity index is 1070. The normalized spacial score (nSPS) is 25.0. The summed E-state index contributed by atoms with van der Waals surface area (Å²) in [6, 6.07) is 23.1. The molecule has 2 fully saturated rings. The lowest BCUT2D eigenvalue weighted by atomic mass is 9.83. The van der Waals surface area contributed by atoms with Crippen LogP contribution in [0, 0.1) is 11.7 Å². The van der Waals surface area contributed by atoms with Crippen molar-refractivity contribution in [2.24, 2.45) is 5.92 Å². The highest BCUT2D eigenvalue weighted by molar-refractivity contribution is 6.01. The number of ether oxygens (including phenoxy) is 1. The minimum Gasteiger partial charge on any atom is -0.494 e. The molecule has 2 saturated heterocycles. The second-order valence-corrected chi connectivity index (χ2v) is 7.83. The Hall–Kier alpha value is -3.22. The molecule has 1 amide bonds. The Labute approximate surface area is 180 Å². The molecule has 5 rings (SSSR count). The number of hydrazine groups is 1. The third-order valence-corrected chi connectivity index (χ3v) is 6.12. The van der Waals surface area contributed by atoms with E-state index >= 15 is 4.39 Å². The molecule has 31 heavy (non-hydrogen) atoms. The Morgan fingerprint density at radius 1 is 0.903 bits per heavy atom. The van der Waals surface area contributed by atoms with Crippen LogP contribution in [0.15, 0.2) is 78.9 Å². The molecule has 2 N–H and O–H groups in total. The average Bonchev–Trinajstić information content (AvgIpc) is 3.35. The second kappa shape index (κ2) is 8.13. The van der Waals surface area contributed by atoms with Gasteiger partial charge in [-0.25, -0.2) is 15.2 Å². The first-order valence-corrected chi connectivity index (χ1v) is 10.6. The van der Waals surface area contributed by atoms with Crippen molar-refractivity contribution in [2.45, 2.75) is 25.0 Å². The van der Waals surface area contributed by atoms with E-state index in [0.29, 0.717) is 12.2 Å². The number of fused-ring (bicyclic) bond motifs is 1. The van der Waals surface area contributed by atoms with Gasteiger partial charge in [-0.2, -0.15) is 0 Å². The van der Waals surface area contributed by atoms with Crippen LogP contribution in [0.2, 0.25) is 0 Å². The molecule has 0 radical (unpaired) electrons. The van der Waals surface area contributed by atoms with Crippen LogP contribution in [0.25, 0.3) is 0 Å². The zero-order valence-electron chi connectivity index (χ0n) is 17.2. The lowest BCUT2D eigenvalue weighted by Crippen LogP contribution is -2.41. The molecule has 3 aromatic carbocycles. The van der Waals surface area contributed by atoms with Crippen LogP contribution < -0.4 is 20.5 Å². The average molecular weight is 417 g/mol. The molecule has 4 unspecified atom stereocenters. The number of nitrogens with zero attached hydrogens (tertiary/aromatic N) is 1. The van der Waals surface area contributed by atoms with Gasteiger partial charge in [0.1, 0.15) is 17.6 Å². The summed E-state index contributed by atoms with van der Waals surface area (Å²) in [5, 5.41) is 0. The fourth-order valence-electron chi connectivity index (χ4n) is 4.80. The molecule has 158 valence electrons. The minimum absolute atomic E-state index is 0.0756. The van der Waals surface area contributed by atoms with Crippen molar-refractivity contribution >= 4 is 11.6 Å². The molecular weight excluding hydrogens is 393 g/mol. The minimum atomic E-state index is -0.457. The van der Waals surface area contributed by atoms with Gasteiger partial charge in [-0.15, -0.1) is 0 Å². The summed E-state index contributed by atoms with van der Waals surface area (Å²) in [4.78, 5) is 15.3. The Morgan fingerprint density at radius 2 is 1.58 bits per heavy atom. The van der Waals surface area contributed by atoms with E-state index in [4.69, 9.17) is 4.74 Å². The highest BCUT2D eigenvalue weighted by atomic mass is 19.1. The Balaban J connectivity index is 1.61. The molecule has 2 aliphatic heterocycles. The van der Waals surface area contributed by atoms with Crippen molar-refractivity contribution in [3.63, 3.8) is 0 Å². The predicted molar refractivity (Wildman–Crippen MR) is 117 cm³/mol. The smallest absolute Gasteiger partial charge is 0.246 e. The summed E-state index contributed by atoms with van der Waals surface area (Å²) in [5.41, 5.74) is 8.77. The molecule has 0 saturated carbocycles. The Morgan fingerprint density at radius 3 is 2.29 bits per heavy atom. The number of benzene rings is 3. The second-order valence-electron chi connectivity index (χ2n) is 7.83. The van der Waals surface area contributed by atoms with Crippen LogP contribution >= 0.6 is 0 Å². The molecule has 5 nitrogen and oxygen atoms in total. The fraction of sp³-hybridized carbons (Fsp3) is 0.240. The fourth-order valence-corrected chi connectivity index (χ4v) is 4.80. The van der Waals surface area contributed by atoms with Crippen molar-refractivity contribution in [3.8, 4) is 5.75 Å². The SMILES string of the molecule is CCOc1ccc(N2C(=O)C3NNC(c4ccccc4)C3C2c2ccccc2F)cc1. The molecule has 0 spiro atoms. The van der Waals surface area contributed by atoms with Gasteiger partial charge in [-0.05, 0) is 42.8 Å². The van der Waals surface area contributed by atoms with Crippen molar-refractivity contribution < 1.29 is 13.9 Å². The number of rotatable bonds is 5. The molecular formula is C25H24FN3O2. The number of amides is 1. The number of hydrogen-bond acceptors (Lipinski definition) is 4. The van der Waals surface area contributed by atoms with Crippen LogP contribution in [0.3, 0.4) is 0 Å². The third-order valence-electron chi connectivity index (χ3n) is 6.12. The summed E-state index contributed by atoms with van der Waals surface area (Å²) in [6.45, 7) is 2.49. The lowest BCUT2D eigenvalue weighted by Gasteiger charge is -2.31. The van der Waals surface area contributed by atoms with E-state index in [9.17, 15) is 4.79 Å². The number of halogens is 1. The maximum absolute atomic E-state index is 15.0. The van der Waals surface area contributed by atoms with Crippen molar-refractivity contribution in [3.05, 3.63) is 95.8 Å². The van der Waals surface area contributed by atoms with E-state index in [0.717, 1.165) is 17.0 Å². The van der Waals surface area contributed by atoms with Gasteiger partial charge in [0.2, 0.25) is 5.91 Å². The Kier molecular flexibility index (Phi) is 5.18. The van der Waals surface area contributed by atoms with Gasteiger partial charge >= 0.3 is 0 Å². The third kappa shape index (κ3) is 3.38. The van der Waals surface area contributed by atoms with Crippen LogP contribution in [0.1, 0.15) is 30.1 Å². The highest BCUT2D eigenvalue weighted by Gasteiger charge is 2.56. The van der Waals surface area contributed by atoms with Gasteiger partial charge in [0.05, 0.1) is 18.7 Å². The molecule has 2 aliphatic rings. The van der Waals surface area contributed by atoms with Crippen molar-refractivity contribution in [1.29, 1.82) is 0 Å². The molecule has 0 aromatic heterocycles. The van der Waals surface area contributed by atoms with E-state index in [-0.39, 0.29) is 23.7 Å². The van der Waals surface area contributed by atoms with Crippen LogP contribution in [0.4, 0.5) is 10.1 Å². The standard InChI is InChI=1S/C25H24FN3O2/c1-2-31-18-14-12-17(13-15-18)29-24(19-10-6-7-11-20(19)26)21-22(16-8-4-3-5-9-16)27-28-23(21)25(29)30/h3-15,21-24,27-28H,2H2,1H3. The topological polar surface area (TPSA) is 53.6 Å². The van der Waals surface area contributed by atoms with E-state index in [2.05, 4.69) is 10.9 Å². The highest BCUT2D eigenvalue weighted by Crippen LogP contribution is 2.49. The molecule has 6 heteroatoms. The van der Waals surface area contributed by atoms with Crippen molar-refractivity contribution in [1.82, 2.24) is 10.9 Å². The van der Waals surface area contributed by atoms with Gasteiger partial charge in [0, 0.05) is 17.2 Å². The monoisotopic (exact) mass is 417 g/mol. The molecule has 3 aromatic rings. The molecule has 0 bridgehead atoms. The molecule has 0 aliphatic carbocycles. The largest absolute Gasteiger partial charge is 0.494 e. The van der Waals surface area contributed by atoms with Crippen LogP contribution in [-0.4, -0.2) is 18.6 Å². The quantitative estimate of drug-likeness (QED) is 0.655. The maximum Gasteiger partial charge on any atom is 0.246 e. The number of hydrogen-bond donors (Lipinski definition) is 2. The first kappa shape index (κ1) is 19.7. The zero-order valence-corrected chi connectivity index (χ0v) is 17.2. The number of carbonyl (C=O) groups excluding carboxylic acids is 1. The van der Waals surface area contributed by atoms with E-state index in [1.807, 2.05) is 67.6 Å². The van der Waals surface area contributed by atoms with E-state index in [1.54, 1.807) is 17.0 Å². The maximum atomic E-state index is 15.0. The van der Waals surface area contributed by atoms with Gasteiger partial charge in [0.25, 0.3) is 0 Å². The summed E-state index contributed by atoms with van der Waals surface area (Å²) in [5.74, 6) is 0.171. The summed E-state index contributed by atoms with van der Waals surface area (Å²) < 4.78 is 20.6. The molecule has 4 atom stereocenters. The summed E-state index contributed by atoms with van der Waals surface area (Å²) in [7, 11) is 0. The zero-order chi connectivity index (χ0) is 21.4. The van der Waals surface area contributed by atoms with Crippen molar-refractivity contribution in [2.75, 3.05) is 11.5 Å². The van der Waals surface area contributed by atoms with Gasteiger partial charge in [0.15, 0.2) is 0 Å². The summed E-state index contributed by atoms with van der Waals surface area (Å²) in [6.07, 6.45) is 0. The first-order valence-electron chi connectivity index (χ1n) is 10.6. The van der Waals surface area contributed by atoms with Crippen LogP contribution in [-0.2, 0) is 4.79 Å². The predicted octanol–water partition coefficient (Wildman–Crippen LogP) is 4.15.